The number of aryl methyl sites for hydroxylation is 2. The van der Waals surface area contributed by atoms with Gasteiger partial charge in [-0.3, -0.25) is 14.6 Å². The van der Waals surface area contributed by atoms with E-state index in [1.165, 1.54) is 11.3 Å². The smallest absolute Gasteiger partial charge is 0.324 e. The molecular weight excluding hydrogens is 296 g/mol. The number of likely N-dealkylation sites (tertiary alicyclic amines) is 1. The lowest BCUT2D eigenvalue weighted by Crippen LogP contribution is -2.47. The molecule has 2 aliphatic heterocycles. The summed E-state index contributed by atoms with van der Waals surface area (Å²) in [4.78, 5) is 31.4. The standard InChI is InChI=1S/C15H24N6O2/c1-11-17-12(2)21(18-11)10-13-5-3-4-6-19(13)7-8-20-14(22)9-16-15(20)23/h13H,3-10H2,1-2H3,(H,16,23). The van der Waals surface area contributed by atoms with E-state index >= 15 is 0 Å². The van der Waals surface area contributed by atoms with Crippen LogP contribution in [0.2, 0.25) is 0 Å². The molecule has 0 spiro atoms. The summed E-state index contributed by atoms with van der Waals surface area (Å²) in [7, 11) is 0. The number of imide groups is 1. The molecule has 23 heavy (non-hydrogen) atoms. The monoisotopic (exact) mass is 320 g/mol. The van der Waals surface area contributed by atoms with E-state index < -0.39 is 0 Å². The van der Waals surface area contributed by atoms with Gasteiger partial charge < -0.3 is 5.32 Å². The molecule has 1 atom stereocenters. The minimum Gasteiger partial charge on any atom is -0.329 e. The lowest BCUT2D eigenvalue weighted by Gasteiger charge is -2.36. The van der Waals surface area contributed by atoms with Crippen LogP contribution >= 0.6 is 0 Å². The van der Waals surface area contributed by atoms with Gasteiger partial charge in [-0.2, -0.15) is 5.10 Å². The molecule has 3 rings (SSSR count). The third-order valence-electron chi connectivity index (χ3n) is 4.64. The molecule has 0 aromatic carbocycles. The van der Waals surface area contributed by atoms with E-state index in [0.29, 0.717) is 12.6 Å². The largest absolute Gasteiger partial charge is 0.329 e. The number of amides is 3. The Morgan fingerprint density at radius 3 is 2.70 bits per heavy atom. The van der Waals surface area contributed by atoms with Crippen LogP contribution in [-0.4, -0.2) is 68.7 Å². The van der Waals surface area contributed by atoms with Crippen LogP contribution in [0.1, 0.15) is 30.9 Å². The Morgan fingerprint density at radius 1 is 1.22 bits per heavy atom. The Morgan fingerprint density at radius 2 is 2.04 bits per heavy atom. The van der Waals surface area contributed by atoms with Crippen molar-refractivity contribution in [3.05, 3.63) is 11.6 Å². The zero-order valence-corrected chi connectivity index (χ0v) is 13.8. The number of nitrogens with one attached hydrogen (secondary N) is 1. The molecule has 2 aliphatic rings. The van der Waals surface area contributed by atoms with Gasteiger partial charge in [0.05, 0.1) is 13.1 Å². The fourth-order valence-electron chi connectivity index (χ4n) is 3.41. The van der Waals surface area contributed by atoms with Gasteiger partial charge in [0.25, 0.3) is 0 Å². The van der Waals surface area contributed by atoms with Crippen molar-refractivity contribution in [2.24, 2.45) is 0 Å². The molecule has 2 saturated heterocycles. The molecule has 3 amide bonds. The number of urea groups is 1. The zero-order valence-electron chi connectivity index (χ0n) is 13.8. The van der Waals surface area contributed by atoms with Crippen LogP contribution in [0.3, 0.4) is 0 Å². The van der Waals surface area contributed by atoms with Gasteiger partial charge in [0, 0.05) is 19.1 Å². The highest BCUT2D eigenvalue weighted by Crippen LogP contribution is 2.19. The second-order valence-electron chi connectivity index (χ2n) is 6.28. The lowest BCUT2D eigenvalue weighted by molar-refractivity contribution is -0.125. The fourth-order valence-corrected chi connectivity index (χ4v) is 3.41. The lowest BCUT2D eigenvalue weighted by atomic mass is 10.0. The minimum absolute atomic E-state index is 0.125. The molecule has 1 N–H and O–H groups in total. The first-order valence-corrected chi connectivity index (χ1v) is 8.25. The summed E-state index contributed by atoms with van der Waals surface area (Å²) in [5.41, 5.74) is 0. The van der Waals surface area contributed by atoms with E-state index in [9.17, 15) is 9.59 Å². The van der Waals surface area contributed by atoms with Crippen LogP contribution in [0.4, 0.5) is 4.79 Å². The summed E-state index contributed by atoms with van der Waals surface area (Å²) in [6.45, 7) is 6.99. The van der Waals surface area contributed by atoms with E-state index in [0.717, 1.165) is 44.1 Å². The molecule has 0 saturated carbocycles. The topological polar surface area (TPSA) is 83.4 Å². The van der Waals surface area contributed by atoms with E-state index in [2.05, 4.69) is 20.3 Å². The number of hydrogen-bond donors (Lipinski definition) is 1. The quantitative estimate of drug-likeness (QED) is 0.789. The predicted octanol–water partition coefficient (Wildman–Crippen LogP) is 0.301. The minimum atomic E-state index is -0.272. The van der Waals surface area contributed by atoms with E-state index in [4.69, 9.17) is 0 Å². The van der Waals surface area contributed by atoms with Crippen molar-refractivity contribution < 1.29 is 9.59 Å². The SMILES string of the molecule is Cc1nc(C)n(CC2CCCCN2CCN2C(=O)CNC2=O)n1. The first-order valence-electron chi connectivity index (χ1n) is 8.25. The van der Waals surface area contributed by atoms with Crippen molar-refractivity contribution in [2.75, 3.05) is 26.2 Å². The summed E-state index contributed by atoms with van der Waals surface area (Å²) in [5.74, 6) is 1.60. The molecule has 1 aromatic rings. The molecule has 0 aliphatic carbocycles. The van der Waals surface area contributed by atoms with Gasteiger partial charge in [-0.1, -0.05) is 6.42 Å². The van der Waals surface area contributed by atoms with Gasteiger partial charge in [-0.05, 0) is 33.2 Å². The number of aromatic nitrogens is 3. The van der Waals surface area contributed by atoms with Gasteiger partial charge in [-0.25, -0.2) is 14.5 Å². The molecule has 2 fully saturated rings. The molecule has 8 heteroatoms. The highest BCUT2D eigenvalue weighted by molar-refractivity contribution is 6.01. The van der Waals surface area contributed by atoms with Gasteiger partial charge in [0.2, 0.25) is 5.91 Å². The second-order valence-corrected chi connectivity index (χ2v) is 6.28. The average molecular weight is 320 g/mol. The summed E-state index contributed by atoms with van der Waals surface area (Å²) < 4.78 is 1.96. The average Bonchev–Trinajstić information content (AvgIpc) is 3.00. The van der Waals surface area contributed by atoms with E-state index in [-0.39, 0.29) is 18.5 Å². The Hall–Kier alpha value is -1.96. The molecule has 1 unspecified atom stereocenters. The van der Waals surface area contributed by atoms with Crippen molar-refractivity contribution in [3.63, 3.8) is 0 Å². The maximum Gasteiger partial charge on any atom is 0.324 e. The summed E-state index contributed by atoms with van der Waals surface area (Å²) in [5, 5.41) is 7.02. The van der Waals surface area contributed by atoms with Crippen molar-refractivity contribution in [3.8, 4) is 0 Å². The van der Waals surface area contributed by atoms with Crippen LogP contribution in [-0.2, 0) is 11.3 Å². The maximum atomic E-state index is 11.7. The second kappa shape index (κ2) is 6.66. The van der Waals surface area contributed by atoms with Crippen LogP contribution in [0, 0.1) is 13.8 Å². The molecular formula is C15H24N6O2. The Balaban J connectivity index is 1.61. The fraction of sp³-hybridized carbons (Fsp3) is 0.733. The summed E-state index contributed by atoms with van der Waals surface area (Å²) in [6.07, 6.45) is 3.47. The highest BCUT2D eigenvalue weighted by Gasteiger charge is 2.30. The number of piperidine rings is 1. The van der Waals surface area contributed by atoms with Gasteiger partial charge >= 0.3 is 6.03 Å². The Bertz CT molecular complexity index is 583. The van der Waals surface area contributed by atoms with Crippen molar-refractivity contribution >= 4 is 11.9 Å². The Labute approximate surface area is 135 Å². The highest BCUT2D eigenvalue weighted by atomic mass is 16.2. The van der Waals surface area contributed by atoms with E-state index in [1.807, 2.05) is 18.5 Å². The first kappa shape index (κ1) is 15.9. The number of nitrogens with zero attached hydrogens (tertiary/aromatic N) is 5. The van der Waals surface area contributed by atoms with Crippen LogP contribution in [0.25, 0.3) is 0 Å². The number of hydrogen-bond acceptors (Lipinski definition) is 5. The molecule has 1 aromatic heterocycles. The van der Waals surface area contributed by atoms with Crippen molar-refractivity contribution in [2.45, 2.75) is 45.7 Å². The molecule has 3 heterocycles. The maximum absolute atomic E-state index is 11.7. The summed E-state index contributed by atoms with van der Waals surface area (Å²) in [6, 6.07) is 0.107. The van der Waals surface area contributed by atoms with Crippen molar-refractivity contribution in [1.29, 1.82) is 0 Å². The van der Waals surface area contributed by atoms with Crippen molar-refractivity contribution in [1.82, 2.24) is 29.9 Å². The summed E-state index contributed by atoms with van der Waals surface area (Å²) >= 11 is 0. The van der Waals surface area contributed by atoms with E-state index in [1.54, 1.807) is 0 Å². The number of carbonyl (C=O) groups is 2. The first-order chi connectivity index (χ1) is 11.0. The molecule has 126 valence electrons. The third-order valence-corrected chi connectivity index (χ3v) is 4.64. The number of carbonyl (C=O) groups excluding carboxylic acids is 2. The Kier molecular flexibility index (Phi) is 4.61. The number of rotatable bonds is 5. The van der Waals surface area contributed by atoms with Crippen LogP contribution < -0.4 is 5.32 Å². The third kappa shape index (κ3) is 3.52. The van der Waals surface area contributed by atoms with Crippen LogP contribution in [0.15, 0.2) is 0 Å². The molecule has 8 nitrogen and oxygen atoms in total. The molecule has 0 radical (unpaired) electrons. The zero-order chi connectivity index (χ0) is 16.4. The van der Waals surface area contributed by atoms with Crippen LogP contribution in [0.5, 0.6) is 0 Å². The molecule has 0 bridgehead atoms. The normalized spacial score (nSPS) is 22.7. The van der Waals surface area contributed by atoms with Gasteiger partial charge in [0.1, 0.15) is 11.6 Å². The van der Waals surface area contributed by atoms with Gasteiger partial charge in [0.15, 0.2) is 0 Å². The predicted molar refractivity (Wildman–Crippen MR) is 83.8 cm³/mol. The van der Waals surface area contributed by atoms with Gasteiger partial charge in [-0.15, -0.1) is 0 Å².